The Morgan fingerprint density at radius 3 is 2.26 bits per heavy atom. The molecular formula is C39H51N3O12. The summed E-state index contributed by atoms with van der Waals surface area (Å²) in [6, 6.07) is 0. The number of methoxy groups -OCH3 is 1. The van der Waals surface area contributed by atoms with E-state index in [1.165, 1.54) is 60.3 Å². The van der Waals surface area contributed by atoms with Crippen LogP contribution in [0.3, 0.4) is 0 Å². The number of ketones is 1. The van der Waals surface area contributed by atoms with E-state index in [1.807, 2.05) is 0 Å². The number of allylic oxidation sites excluding steroid dienone is 2. The van der Waals surface area contributed by atoms with Crippen molar-refractivity contribution in [2.75, 3.05) is 19.5 Å². The number of carbonyl (C=O) groups excluding carboxylic acids is 3. The number of ether oxygens (including phenoxy) is 4. The largest absolute Gasteiger partial charge is 0.507 e. The van der Waals surface area contributed by atoms with Crippen LogP contribution < -0.4 is 15.5 Å². The number of fused-ring (bicyclic) bond motifs is 14. The number of nitrogens with zero attached hydrogens (tertiary/aromatic N) is 1. The maximum Gasteiger partial charge on any atom is 0.312 e. The zero-order chi connectivity index (χ0) is 40.4. The Labute approximate surface area is 313 Å². The first-order valence-corrected chi connectivity index (χ1v) is 17.6. The lowest BCUT2D eigenvalue weighted by Gasteiger charge is -2.38. The molecule has 5 bridgehead atoms. The predicted molar refractivity (Wildman–Crippen MR) is 200 cm³/mol. The number of Topliss-reactive ketones (excluding diaryl/α,β-unsaturated/α-hetero) is 1. The summed E-state index contributed by atoms with van der Waals surface area (Å²) < 4.78 is 23.4. The zero-order valence-corrected chi connectivity index (χ0v) is 32.1. The minimum Gasteiger partial charge on any atom is -0.507 e. The number of aliphatic hydroxyl groups excluding tert-OH is 2. The Morgan fingerprint density at radius 2 is 1.65 bits per heavy atom. The molecule has 3 aliphatic rings. The minimum absolute atomic E-state index is 0.0446. The summed E-state index contributed by atoms with van der Waals surface area (Å²) in [6.07, 6.45) is 4.62. The maximum atomic E-state index is 14.2. The maximum absolute atomic E-state index is 14.2. The van der Waals surface area contributed by atoms with E-state index in [9.17, 15) is 39.9 Å². The van der Waals surface area contributed by atoms with E-state index >= 15 is 0 Å². The van der Waals surface area contributed by atoms with Crippen molar-refractivity contribution < 1.29 is 58.9 Å². The van der Waals surface area contributed by atoms with Crippen molar-refractivity contribution in [3.8, 4) is 23.0 Å². The molecule has 0 spiro atoms. The van der Waals surface area contributed by atoms with Gasteiger partial charge in [-0.15, -0.1) is 0 Å². The number of esters is 1. The van der Waals surface area contributed by atoms with Crippen LogP contribution in [0.5, 0.6) is 23.0 Å². The second-order valence-corrected chi connectivity index (χ2v) is 14.1. The van der Waals surface area contributed by atoms with Gasteiger partial charge in [0.15, 0.2) is 5.75 Å². The van der Waals surface area contributed by atoms with E-state index in [4.69, 9.17) is 18.9 Å². The lowest BCUT2D eigenvalue weighted by atomic mass is 9.78. The number of hydrazone groups is 1. The molecule has 5 rings (SSSR count). The van der Waals surface area contributed by atoms with Gasteiger partial charge in [-0.25, -0.2) is 0 Å². The number of phenols is 3. The molecule has 0 saturated carbocycles. The summed E-state index contributed by atoms with van der Waals surface area (Å²) in [6.45, 7) is 12.4. The molecule has 294 valence electrons. The topological polar surface area (TPSA) is 226 Å². The molecule has 3 heterocycles. The number of aromatic hydroxyl groups is 3. The fourth-order valence-electron chi connectivity index (χ4n) is 7.00. The van der Waals surface area contributed by atoms with Gasteiger partial charge in [-0.3, -0.25) is 14.4 Å². The normalized spacial score (nSPS) is 31.7. The highest BCUT2D eigenvalue weighted by Gasteiger charge is 2.50. The Hall–Kier alpha value is -5.12. The van der Waals surface area contributed by atoms with Crippen molar-refractivity contribution in [2.45, 2.75) is 85.6 Å². The highest BCUT2D eigenvalue weighted by molar-refractivity contribution is 6.23. The summed E-state index contributed by atoms with van der Waals surface area (Å²) in [5.41, 5.74) is 2.05. The molecular weight excluding hydrogens is 702 g/mol. The molecule has 7 N–H and O–H groups in total. The molecule has 0 aromatic heterocycles. The van der Waals surface area contributed by atoms with Gasteiger partial charge in [0.1, 0.15) is 23.4 Å². The first kappa shape index (κ1) is 41.6. The highest BCUT2D eigenvalue weighted by Crippen LogP contribution is 2.55. The van der Waals surface area contributed by atoms with Gasteiger partial charge < -0.3 is 55.2 Å². The molecule has 3 aliphatic heterocycles. The van der Waals surface area contributed by atoms with Crippen LogP contribution in [0.4, 0.5) is 5.69 Å². The average molecular weight is 754 g/mol. The monoisotopic (exact) mass is 753 g/mol. The van der Waals surface area contributed by atoms with Gasteiger partial charge >= 0.3 is 11.8 Å². The summed E-state index contributed by atoms with van der Waals surface area (Å²) in [5.74, 6) is -8.46. The fourth-order valence-corrected chi connectivity index (χ4v) is 7.00. The Bertz CT molecular complexity index is 1920. The number of rotatable bonds is 4. The summed E-state index contributed by atoms with van der Waals surface area (Å²) in [4.78, 5) is 39.9. The summed E-state index contributed by atoms with van der Waals surface area (Å²) in [7, 11) is 2.91. The number of nitrogens with one attached hydrogen (secondary N) is 2. The average Bonchev–Trinajstić information content (AvgIpc) is 3.39. The van der Waals surface area contributed by atoms with Crippen molar-refractivity contribution in [3.05, 3.63) is 52.8 Å². The van der Waals surface area contributed by atoms with Crippen LogP contribution in [0.2, 0.25) is 0 Å². The number of hydrogen-bond donors (Lipinski definition) is 7. The Kier molecular flexibility index (Phi) is 12.7. The lowest BCUT2D eigenvalue weighted by molar-refractivity contribution is -0.160. The third-order valence-electron chi connectivity index (χ3n) is 10.4. The molecule has 1 amide bonds. The van der Waals surface area contributed by atoms with Gasteiger partial charge in [-0.1, -0.05) is 45.9 Å². The molecule has 9 atom stereocenters. The first-order chi connectivity index (χ1) is 25.3. The number of aliphatic hydroxyl groups is 2. The van der Waals surface area contributed by atoms with Crippen LogP contribution >= 0.6 is 0 Å². The number of phenolic OH excluding ortho intramolecular Hbond substituents is 3. The molecule has 15 heteroatoms. The van der Waals surface area contributed by atoms with Crippen LogP contribution in [0.1, 0.15) is 70.0 Å². The molecule has 0 fully saturated rings. The Morgan fingerprint density at radius 1 is 0.981 bits per heavy atom. The molecule has 15 nitrogen and oxygen atoms in total. The minimum atomic E-state index is -2.04. The van der Waals surface area contributed by atoms with Crippen molar-refractivity contribution in [1.29, 1.82) is 0 Å². The molecule has 54 heavy (non-hydrogen) atoms. The summed E-state index contributed by atoms with van der Waals surface area (Å²) >= 11 is 0. The third-order valence-corrected chi connectivity index (χ3v) is 10.4. The van der Waals surface area contributed by atoms with Gasteiger partial charge in [0.25, 0.3) is 11.7 Å². The second-order valence-electron chi connectivity index (χ2n) is 14.1. The Balaban J connectivity index is 1.96. The number of carbonyl (C=O) groups is 3. The van der Waals surface area contributed by atoms with Gasteiger partial charge in [0.05, 0.1) is 53.0 Å². The van der Waals surface area contributed by atoms with Crippen LogP contribution in [0.15, 0.2) is 41.2 Å². The van der Waals surface area contributed by atoms with E-state index in [1.54, 1.807) is 39.8 Å². The van der Waals surface area contributed by atoms with E-state index in [0.29, 0.717) is 0 Å². The van der Waals surface area contributed by atoms with Gasteiger partial charge in [0.2, 0.25) is 0 Å². The predicted octanol–water partition coefficient (Wildman–Crippen LogP) is 4.31. The van der Waals surface area contributed by atoms with Crippen LogP contribution in [0, 0.1) is 30.6 Å². The van der Waals surface area contributed by atoms with Gasteiger partial charge in [-0.05, 0) is 19.9 Å². The quantitative estimate of drug-likeness (QED) is 0.0761. The lowest BCUT2D eigenvalue weighted by Crippen LogP contribution is -2.46. The van der Waals surface area contributed by atoms with E-state index in [2.05, 4.69) is 15.8 Å². The van der Waals surface area contributed by atoms with Crippen LogP contribution in [-0.4, -0.2) is 93.8 Å². The number of benzene rings is 2. The SMILES string of the molecule is CN/N=C/c1c2c(O)c3c(O)c(C)c4c(c3c1O)C(=O)[C@@](C)(O/C=C/[C@H](OC)[C@@H](C)[C@@H](OC(C)=O)[C@H](C)[C@H](O)[C@H](C)[C@@H](O)[C@@H](C)/C=C/C=C(\C)C(=O)N2)O4. The second kappa shape index (κ2) is 16.5. The van der Waals surface area contributed by atoms with Gasteiger partial charge in [-0.2, -0.15) is 5.10 Å². The number of amides is 1. The fraction of sp³-hybridized carbons (Fsp3) is 0.487. The standard InChI is InChI=1S/C39H51N3O12/c1-17-12-11-13-18(2)38(50)42-29-24(16-41-40-9)33(47)26-27(34(29)48)32(46)22(6)36-28(26)37(49)39(8,54-36)52-15-14-25(51-10)19(3)35(53-23(7)43)21(5)31(45)20(4)30(17)44/h11-17,19-21,25,30-31,35,40,44-48H,1-10H3,(H,42,50)/b12-11+,15-14+,18-13+,41-16+/t17-,19+,20+,21+,25-,30-,31+,35+,39-/m0/s1. The number of anilines is 1. The van der Waals surface area contributed by atoms with Crippen molar-refractivity contribution in [3.63, 3.8) is 0 Å². The number of hydrogen-bond acceptors (Lipinski definition) is 14. The zero-order valence-electron chi connectivity index (χ0n) is 32.1. The van der Waals surface area contributed by atoms with E-state index in [-0.39, 0.29) is 44.5 Å². The molecule has 0 saturated heterocycles. The van der Waals surface area contributed by atoms with Crippen LogP contribution in [0.25, 0.3) is 10.8 Å². The smallest absolute Gasteiger partial charge is 0.312 e. The molecule has 2 aromatic carbocycles. The van der Waals surface area contributed by atoms with E-state index in [0.717, 1.165) is 6.21 Å². The molecule has 0 radical (unpaired) electrons. The molecule has 2 aromatic rings. The van der Waals surface area contributed by atoms with Crippen molar-refractivity contribution in [2.24, 2.45) is 28.8 Å². The van der Waals surface area contributed by atoms with Gasteiger partial charge in [0, 0.05) is 68.2 Å². The summed E-state index contributed by atoms with van der Waals surface area (Å²) in [5, 5.41) is 63.4. The van der Waals surface area contributed by atoms with Crippen molar-refractivity contribution in [1.82, 2.24) is 5.43 Å². The molecule has 0 unspecified atom stereocenters. The van der Waals surface area contributed by atoms with E-state index < -0.39 is 88.8 Å². The molecule has 0 aliphatic carbocycles. The van der Waals surface area contributed by atoms with Crippen molar-refractivity contribution >= 4 is 40.3 Å². The highest BCUT2D eigenvalue weighted by atomic mass is 16.7. The van der Waals surface area contributed by atoms with Crippen LogP contribution in [-0.2, 0) is 23.8 Å². The first-order valence-electron chi connectivity index (χ1n) is 17.6. The third kappa shape index (κ3) is 7.74.